The highest BCUT2D eigenvalue weighted by atomic mass is 35.5. The first kappa shape index (κ1) is 16.3. The predicted octanol–water partition coefficient (Wildman–Crippen LogP) is 4.54. The van der Waals surface area contributed by atoms with Gasteiger partial charge in [-0.05, 0) is 55.3 Å². The van der Waals surface area contributed by atoms with E-state index in [1.807, 2.05) is 26.0 Å². The van der Waals surface area contributed by atoms with Gasteiger partial charge in [-0.2, -0.15) is 0 Å². The van der Waals surface area contributed by atoms with E-state index in [4.69, 9.17) is 11.6 Å². The molecule has 3 nitrogen and oxygen atoms in total. The molecule has 0 aliphatic rings. The molecule has 0 saturated heterocycles. The number of hydrogen-bond donors (Lipinski definition) is 2. The highest BCUT2D eigenvalue weighted by molar-refractivity contribution is 6.31. The smallest absolute Gasteiger partial charge is 0.226 e. The number of benzene rings is 2. The molecule has 0 unspecified atom stereocenters. The lowest BCUT2D eigenvalue weighted by molar-refractivity contribution is -0.115. The Balaban J connectivity index is 1.83. The zero-order chi connectivity index (χ0) is 16.1. The minimum atomic E-state index is -0.504. The summed E-state index contributed by atoms with van der Waals surface area (Å²) in [4.78, 5) is 11.8. The van der Waals surface area contributed by atoms with Gasteiger partial charge in [-0.1, -0.05) is 17.7 Å². The predicted molar refractivity (Wildman–Crippen MR) is 89.1 cm³/mol. The maximum atomic E-state index is 13.0. The Morgan fingerprint density at radius 2 is 1.77 bits per heavy atom. The standard InChI is InChI=1S/C17H18ClFN2O/c1-11-7-12(2)9-14(8-11)20-6-5-17(22)21-13-3-4-16(19)15(18)10-13/h3-4,7-10,20H,5-6H2,1-2H3,(H,21,22). The lowest BCUT2D eigenvalue weighted by atomic mass is 10.1. The highest BCUT2D eigenvalue weighted by Gasteiger charge is 2.05. The van der Waals surface area contributed by atoms with Crippen LogP contribution in [0.4, 0.5) is 15.8 Å². The van der Waals surface area contributed by atoms with Crippen LogP contribution in [-0.4, -0.2) is 12.5 Å². The van der Waals surface area contributed by atoms with E-state index in [0.29, 0.717) is 18.7 Å². The van der Waals surface area contributed by atoms with E-state index in [1.165, 1.54) is 29.3 Å². The molecule has 0 aromatic heterocycles. The van der Waals surface area contributed by atoms with Crippen LogP contribution in [0.2, 0.25) is 5.02 Å². The van der Waals surface area contributed by atoms with Crippen LogP contribution < -0.4 is 10.6 Å². The topological polar surface area (TPSA) is 41.1 Å². The maximum Gasteiger partial charge on any atom is 0.226 e. The maximum absolute atomic E-state index is 13.0. The van der Waals surface area contributed by atoms with Gasteiger partial charge in [-0.15, -0.1) is 0 Å². The van der Waals surface area contributed by atoms with Crippen LogP contribution in [-0.2, 0) is 4.79 Å². The molecule has 116 valence electrons. The Labute approximate surface area is 134 Å². The molecule has 2 aromatic carbocycles. The second-order valence-corrected chi connectivity index (χ2v) is 5.64. The van der Waals surface area contributed by atoms with Crippen molar-refractivity contribution in [2.24, 2.45) is 0 Å². The monoisotopic (exact) mass is 320 g/mol. The Hall–Kier alpha value is -2.07. The van der Waals surface area contributed by atoms with Crippen molar-refractivity contribution in [3.8, 4) is 0 Å². The zero-order valence-electron chi connectivity index (χ0n) is 12.5. The molecule has 2 N–H and O–H groups in total. The molecule has 0 fully saturated rings. The van der Waals surface area contributed by atoms with Gasteiger partial charge in [-0.25, -0.2) is 4.39 Å². The van der Waals surface area contributed by atoms with Crippen molar-refractivity contribution >= 4 is 28.9 Å². The molecular formula is C17H18ClFN2O. The molecule has 2 rings (SSSR count). The quantitative estimate of drug-likeness (QED) is 0.849. The van der Waals surface area contributed by atoms with Crippen LogP contribution in [0.1, 0.15) is 17.5 Å². The van der Waals surface area contributed by atoms with Crippen molar-refractivity contribution in [2.45, 2.75) is 20.3 Å². The van der Waals surface area contributed by atoms with Gasteiger partial charge < -0.3 is 10.6 Å². The summed E-state index contributed by atoms with van der Waals surface area (Å²) in [5.74, 6) is -0.657. The Kier molecular flexibility index (Phi) is 5.39. The number of rotatable bonds is 5. The second-order valence-electron chi connectivity index (χ2n) is 5.23. The summed E-state index contributed by atoms with van der Waals surface area (Å²) in [7, 11) is 0. The molecule has 1 amide bonds. The van der Waals surface area contributed by atoms with Crippen molar-refractivity contribution in [3.63, 3.8) is 0 Å². The summed E-state index contributed by atoms with van der Waals surface area (Å²) in [6, 6.07) is 10.3. The number of carbonyl (C=O) groups is 1. The van der Waals surface area contributed by atoms with Gasteiger partial charge in [0.1, 0.15) is 5.82 Å². The largest absolute Gasteiger partial charge is 0.385 e. The molecule has 0 spiro atoms. The number of aryl methyl sites for hydroxylation is 2. The fourth-order valence-corrected chi connectivity index (χ4v) is 2.38. The first-order valence-electron chi connectivity index (χ1n) is 7.01. The summed E-state index contributed by atoms with van der Waals surface area (Å²) >= 11 is 5.67. The van der Waals surface area contributed by atoms with Gasteiger partial charge in [0.2, 0.25) is 5.91 Å². The average molecular weight is 321 g/mol. The van der Waals surface area contributed by atoms with Gasteiger partial charge in [0.05, 0.1) is 5.02 Å². The summed E-state index contributed by atoms with van der Waals surface area (Å²) in [6.07, 6.45) is 0.308. The normalized spacial score (nSPS) is 10.4. The Bertz CT molecular complexity index is 668. The summed E-state index contributed by atoms with van der Waals surface area (Å²) in [5, 5.41) is 5.90. The second kappa shape index (κ2) is 7.27. The van der Waals surface area contributed by atoms with Crippen molar-refractivity contribution < 1.29 is 9.18 Å². The van der Waals surface area contributed by atoms with E-state index >= 15 is 0 Å². The molecule has 22 heavy (non-hydrogen) atoms. The third-order valence-electron chi connectivity index (χ3n) is 3.11. The first-order chi connectivity index (χ1) is 10.4. The molecule has 0 saturated carbocycles. The molecular weight excluding hydrogens is 303 g/mol. The fraction of sp³-hybridized carbons (Fsp3) is 0.235. The molecule has 0 aliphatic carbocycles. The van der Waals surface area contributed by atoms with E-state index < -0.39 is 5.82 Å². The summed E-state index contributed by atoms with van der Waals surface area (Å²) in [6.45, 7) is 4.58. The van der Waals surface area contributed by atoms with Crippen LogP contribution in [0.25, 0.3) is 0 Å². The van der Waals surface area contributed by atoms with E-state index in [2.05, 4.69) is 16.7 Å². The van der Waals surface area contributed by atoms with E-state index in [9.17, 15) is 9.18 Å². The van der Waals surface area contributed by atoms with Gasteiger partial charge >= 0.3 is 0 Å². The van der Waals surface area contributed by atoms with E-state index in [0.717, 1.165) is 5.69 Å². The molecule has 0 bridgehead atoms. The van der Waals surface area contributed by atoms with Crippen molar-refractivity contribution in [2.75, 3.05) is 17.2 Å². The van der Waals surface area contributed by atoms with Crippen LogP contribution >= 0.6 is 11.6 Å². The van der Waals surface area contributed by atoms with Gasteiger partial charge in [0.25, 0.3) is 0 Å². The number of halogens is 2. The van der Waals surface area contributed by atoms with Crippen molar-refractivity contribution in [1.29, 1.82) is 0 Å². The Morgan fingerprint density at radius 1 is 1.09 bits per heavy atom. The highest BCUT2D eigenvalue weighted by Crippen LogP contribution is 2.19. The Morgan fingerprint density at radius 3 is 2.41 bits per heavy atom. The molecule has 5 heteroatoms. The first-order valence-corrected chi connectivity index (χ1v) is 7.39. The van der Waals surface area contributed by atoms with Crippen LogP contribution in [0, 0.1) is 19.7 Å². The summed E-state index contributed by atoms with van der Waals surface area (Å²) in [5.41, 5.74) is 3.83. The van der Waals surface area contributed by atoms with Crippen molar-refractivity contribution in [3.05, 3.63) is 58.4 Å². The number of amides is 1. The van der Waals surface area contributed by atoms with Crippen molar-refractivity contribution in [1.82, 2.24) is 0 Å². The van der Waals surface area contributed by atoms with Crippen LogP contribution in [0.5, 0.6) is 0 Å². The SMILES string of the molecule is Cc1cc(C)cc(NCCC(=O)Nc2ccc(F)c(Cl)c2)c1. The molecule has 0 radical (unpaired) electrons. The average Bonchev–Trinajstić information content (AvgIpc) is 2.42. The summed E-state index contributed by atoms with van der Waals surface area (Å²) < 4.78 is 13.0. The van der Waals surface area contributed by atoms with Gasteiger partial charge in [0.15, 0.2) is 0 Å². The zero-order valence-corrected chi connectivity index (χ0v) is 13.3. The lowest BCUT2D eigenvalue weighted by Gasteiger charge is -2.09. The third-order valence-corrected chi connectivity index (χ3v) is 3.40. The minimum Gasteiger partial charge on any atom is -0.385 e. The van der Waals surface area contributed by atoms with E-state index in [-0.39, 0.29) is 10.9 Å². The fourth-order valence-electron chi connectivity index (χ4n) is 2.19. The molecule has 0 atom stereocenters. The minimum absolute atomic E-state index is 0.00818. The van der Waals surface area contributed by atoms with Crippen LogP contribution in [0.15, 0.2) is 36.4 Å². The molecule has 2 aromatic rings. The number of anilines is 2. The van der Waals surface area contributed by atoms with E-state index in [1.54, 1.807) is 0 Å². The molecule has 0 aliphatic heterocycles. The molecule has 0 heterocycles. The van der Waals surface area contributed by atoms with Gasteiger partial charge in [0, 0.05) is 24.3 Å². The number of carbonyl (C=O) groups excluding carboxylic acids is 1. The number of hydrogen-bond acceptors (Lipinski definition) is 2. The third kappa shape index (κ3) is 4.74. The number of nitrogens with one attached hydrogen (secondary N) is 2. The lowest BCUT2D eigenvalue weighted by Crippen LogP contribution is -2.16. The van der Waals surface area contributed by atoms with Crippen LogP contribution in [0.3, 0.4) is 0 Å². The van der Waals surface area contributed by atoms with Gasteiger partial charge in [-0.3, -0.25) is 4.79 Å².